The van der Waals surface area contributed by atoms with Crippen molar-refractivity contribution in [3.8, 4) is 0 Å². The van der Waals surface area contributed by atoms with Gasteiger partial charge in [-0.25, -0.2) is 4.79 Å². The van der Waals surface area contributed by atoms with Crippen molar-refractivity contribution in [1.82, 2.24) is 4.90 Å². The highest BCUT2D eigenvalue weighted by Crippen LogP contribution is 2.39. The molecule has 0 aromatic rings. The van der Waals surface area contributed by atoms with Crippen molar-refractivity contribution in [2.75, 3.05) is 27.9 Å². The van der Waals surface area contributed by atoms with Crippen LogP contribution in [0.1, 0.15) is 105 Å². The second kappa shape index (κ2) is 21.0. The first-order valence-corrected chi connectivity index (χ1v) is 20.9. The van der Waals surface area contributed by atoms with E-state index in [2.05, 4.69) is 6.58 Å². The summed E-state index contributed by atoms with van der Waals surface area (Å²) in [4.78, 5) is 57.8. The number of carbonyl (C=O) groups excluding carboxylic acids is 4. The van der Waals surface area contributed by atoms with Gasteiger partial charge in [0.05, 0.1) is 30.5 Å². The Morgan fingerprint density at radius 3 is 2.25 bits per heavy atom. The lowest BCUT2D eigenvalue weighted by molar-refractivity contribution is -0.302. The van der Waals surface area contributed by atoms with Gasteiger partial charge in [0.25, 0.3) is 11.7 Å². The monoisotopic (exact) mass is 803 g/mol. The van der Waals surface area contributed by atoms with Crippen molar-refractivity contribution in [3.05, 3.63) is 36.0 Å². The number of fused-ring (bicyclic) bond motifs is 3. The zero-order valence-corrected chi connectivity index (χ0v) is 35.4. The third kappa shape index (κ3) is 11.3. The summed E-state index contributed by atoms with van der Waals surface area (Å²) < 4.78 is 29.7. The molecular formula is C44H69NO12. The van der Waals surface area contributed by atoms with Crippen molar-refractivity contribution in [3.63, 3.8) is 0 Å². The number of allylic oxidation sites excluding steroid dienone is 4. The molecule has 4 aliphatic rings. The highest BCUT2D eigenvalue weighted by atomic mass is 16.7. The molecule has 57 heavy (non-hydrogen) atoms. The van der Waals surface area contributed by atoms with E-state index in [9.17, 15) is 34.5 Å². The zero-order valence-electron chi connectivity index (χ0n) is 35.4. The number of amides is 1. The topological polar surface area (TPSA) is 178 Å². The van der Waals surface area contributed by atoms with Crippen molar-refractivity contribution in [2.45, 2.75) is 160 Å². The molecule has 3 fully saturated rings. The van der Waals surface area contributed by atoms with Crippen LogP contribution in [0.4, 0.5) is 0 Å². The zero-order chi connectivity index (χ0) is 42.2. The summed E-state index contributed by atoms with van der Waals surface area (Å²) in [6, 6.07) is -1.14. The average molecular weight is 804 g/mol. The van der Waals surface area contributed by atoms with Crippen LogP contribution in [-0.2, 0) is 42.9 Å². The predicted octanol–water partition coefficient (Wildman–Crippen LogP) is 4.64. The number of nitrogens with zero attached hydrogens (tertiary/aromatic N) is 1. The van der Waals surface area contributed by atoms with Crippen LogP contribution in [0.5, 0.6) is 0 Å². The summed E-state index contributed by atoms with van der Waals surface area (Å²) in [6.45, 7) is 13.1. The molecule has 0 unspecified atom stereocenters. The standard InChI is InChI=1S/C44H69NO12/c1-10-13-31-19-25(2)18-26(3)20-37(54-8)40-38(55-9)22-28(5)44(52,57-40)41(49)42(50)45-17-12-11-14-32(45)43(51)56-39(29(6)34(47)24-35(31)48)27(4)21-30-15-16-33(46)36(23-30)53-7/h10,19,21,26,28-34,36-40,46-47,52H,1,11-18,20,22-24H2,2-9H3/b25-19+,27-21+/t26-,28+,29+,30-,31+,32-,33+,34-,36+,37+,38-,39-,40+,44+/m0/s1. The molecule has 3 N–H and O–H groups in total. The second-order valence-electron chi connectivity index (χ2n) is 17.3. The Balaban J connectivity index is 1.78. The number of piperidine rings is 1. The van der Waals surface area contributed by atoms with Crippen LogP contribution < -0.4 is 0 Å². The summed E-state index contributed by atoms with van der Waals surface area (Å²) in [5.74, 6) is -7.76. The molecule has 0 radical (unpaired) electrons. The van der Waals surface area contributed by atoms with Crippen molar-refractivity contribution >= 4 is 23.4 Å². The molecule has 0 spiro atoms. The van der Waals surface area contributed by atoms with E-state index >= 15 is 0 Å². The maximum Gasteiger partial charge on any atom is 0.329 e. The lowest BCUT2D eigenvalue weighted by atomic mass is 9.81. The smallest absolute Gasteiger partial charge is 0.329 e. The Morgan fingerprint density at radius 2 is 1.60 bits per heavy atom. The lowest BCUT2D eigenvalue weighted by Crippen LogP contribution is -2.64. The Morgan fingerprint density at radius 1 is 0.930 bits per heavy atom. The number of hydrogen-bond acceptors (Lipinski definition) is 12. The fourth-order valence-electron chi connectivity index (χ4n) is 9.42. The number of methoxy groups -OCH3 is 3. The molecule has 322 valence electrons. The highest BCUT2D eigenvalue weighted by Gasteiger charge is 2.56. The van der Waals surface area contributed by atoms with Crippen molar-refractivity contribution in [2.24, 2.45) is 29.6 Å². The van der Waals surface area contributed by atoms with E-state index in [4.69, 9.17) is 23.7 Å². The van der Waals surface area contributed by atoms with E-state index in [1.54, 1.807) is 27.0 Å². The SMILES string of the molecule is C=CC[C@@H]1/C=C(\C)C[C@H](C)C[C@@H](OC)[C@H]2O[C@@](O)(C(=O)C(=O)N3CCCC[C@H]3C(=O)O[C@@H](/C(C)=C/[C@@H]3CC[C@@H](O)[C@H](OC)C3)[C@H](C)[C@@H](O)CC1=O)[C@H](C)C[C@@H]2OC. The van der Waals surface area contributed by atoms with Gasteiger partial charge in [0, 0.05) is 52.0 Å². The number of hydrogen-bond donors (Lipinski definition) is 3. The molecule has 13 heteroatoms. The van der Waals surface area contributed by atoms with Gasteiger partial charge in [-0.3, -0.25) is 14.4 Å². The normalized spacial score (nSPS) is 41.0. The van der Waals surface area contributed by atoms with Crippen LogP contribution in [0.15, 0.2) is 36.0 Å². The largest absolute Gasteiger partial charge is 0.456 e. The molecule has 0 aromatic carbocycles. The molecule has 2 saturated heterocycles. The second-order valence-corrected chi connectivity index (χ2v) is 17.3. The first-order valence-electron chi connectivity index (χ1n) is 20.9. The van der Waals surface area contributed by atoms with Gasteiger partial charge in [-0.05, 0) is 95.5 Å². The number of esters is 1. The summed E-state index contributed by atoms with van der Waals surface area (Å²) >= 11 is 0. The van der Waals surface area contributed by atoms with Crippen LogP contribution >= 0.6 is 0 Å². The third-order valence-corrected chi connectivity index (χ3v) is 12.9. The minimum absolute atomic E-state index is 0.00988. The molecule has 0 aromatic heterocycles. The van der Waals surface area contributed by atoms with Crippen LogP contribution in [0, 0.1) is 29.6 Å². The number of aliphatic hydroxyl groups excluding tert-OH is 2. The Labute approximate surface area is 339 Å². The minimum atomic E-state index is -2.51. The molecule has 3 heterocycles. The number of cyclic esters (lactones) is 1. The van der Waals surface area contributed by atoms with Crippen LogP contribution in [0.2, 0.25) is 0 Å². The molecular weight excluding hydrogens is 734 g/mol. The maximum atomic E-state index is 14.3. The Kier molecular flexibility index (Phi) is 17.2. The molecule has 1 saturated carbocycles. The van der Waals surface area contributed by atoms with E-state index in [1.807, 2.05) is 32.9 Å². The van der Waals surface area contributed by atoms with Gasteiger partial charge >= 0.3 is 5.97 Å². The Bertz CT molecular complexity index is 1480. The highest BCUT2D eigenvalue weighted by molar-refractivity contribution is 6.39. The van der Waals surface area contributed by atoms with Gasteiger partial charge in [-0.15, -0.1) is 6.58 Å². The quantitative estimate of drug-likeness (QED) is 0.185. The summed E-state index contributed by atoms with van der Waals surface area (Å²) in [5.41, 5.74) is 1.61. The number of Topliss-reactive ketones (excluding diaryl/α,β-unsaturated/α-hetero) is 2. The molecule has 1 aliphatic carbocycles. The fourth-order valence-corrected chi connectivity index (χ4v) is 9.42. The molecule has 1 amide bonds. The van der Waals surface area contributed by atoms with Crippen LogP contribution in [0.3, 0.4) is 0 Å². The van der Waals surface area contributed by atoms with E-state index in [0.717, 1.165) is 5.57 Å². The van der Waals surface area contributed by atoms with Gasteiger partial charge in [0.1, 0.15) is 24.0 Å². The van der Waals surface area contributed by atoms with Gasteiger partial charge in [0.2, 0.25) is 5.79 Å². The van der Waals surface area contributed by atoms with Crippen LogP contribution in [0.25, 0.3) is 0 Å². The molecule has 2 bridgehead atoms. The summed E-state index contributed by atoms with van der Waals surface area (Å²) in [6.07, 6.45) is 4.93. The predicted molar refractivity (Wildman–Crippen MR) is 213 cm³/mol. The Hall–Kier alpha value is -2.78. The average Bonchev–Trinajstić information content (AvgIpc) is 3.18. The first-order chi connectivity index (χ1) is 27.0. The summed E-state index contributed by atoms with van der Waals surface area (Å²) in [7, 11) is 4.61. The molecule has 3 aliphatic heterocycles. The number of ketones is 2. The maximum absolute atomic E-state index is 14.3. The van der Waals surface area contributed by atoms with E-state index in [1.165, 1.54) is 19.1 Å². The van der Waals surface area contributed by atoms with Crippen molar-refractivity contribution < 1.29 is 58.2 Å². The molecule has 13 nitrogen and oxygen atoms in total. The number of aliphatic hydroxyl groups is 3. The minimum Gasteiger partial charge on any atom is -0.456 e. The summed E-state index contributed by atoms with van der Waals surface area (Å²) in [5, 5.41) is 34.1. The third-order valence-electron chi connectivity index (χ3n) is 12.9. The van der Waals surface area contributed by atoms with Gasteiger partial charge in [-0.1, -0.05) is 44.6 Å². The van der Waals surface area contributed by atoms with Crippen LogP contribution in [-0.4, -0.2) is 126 Å². The van der Waals surface area contributed by atoms with Gasteiger partial charge in [-0.2, -0.15) is 0 Å². The first kappa shape index (κ1) is 46.9. The lowest BCUT2D eigenvalue weighted by Gasteiger charge is -2.47. The molecule has 4 rings (SSSR count). The molecule has 14 atom stereocenters. The van der Waals surface area contributed by atoms with E-state index < -0.39 is 83.9 Å². The van der Waals surface area contributed by atoms with Gasteiger partial charge in [0.15, 0.2) is 0 Å². The number of carbonyl (C=O) groups is 4. The van der Waals surface area contributed by atoms with E-state index in [0.29, 0.717) is 56.9 Å². The number of ether oxygens (including phenoxy) is 5. The fraction of sp³-hybridized carbons (Fsp3) is 0.773. The van der Waals surface area contributed by atoms with Gasteiger partial charge < -0.3 is 43.9 Å². The van der Waals surface area contributed by atoms with Crippen molar-refractivity contribution in [1.29, 1.82) is 0 Å². The van der Waals surface area contributed by atoms with E-state index in [-0.39, 0.29) is 49.5 Å². The number of rotatable bonds is 7.